The standard InChI is InChI=1S/C5H8N2OS/c1-2-3-4(8)9-5(6)7-3/h8H,2H2,1H3,(H2,6,7). The minimum atomic E-state index is 0.245. The van der Waals surface area contributed by atoms with Crippen LogP contribution in [0.15, 0.2) is 0 Å². The van der Waals surface area contributed by atoms with Gasteiger partial charge in [-0.15, -0.1) is 0 Å². The molecular weight excluding hydrogens is 136 g/mol. The summed E-state index contributed by atoms with van der Waals surface area (Å²) < 4.78 is 0. The van der Waals surface area contributed by atoms with E-state index in [0.717, 1.165) is 17.8 Å². The number of nitrogens with zero attached hydrogens (tertiary/aromatic N) is 1. The molecule has 4 heteroatoms. The maximum atomic E-state index is 9.01. The molecule has 0 atom stereocenters. The molecule has 0 bridgehead atoms. The lowest BCUT2D eigenvalue weighted by Gasteiger charge is -1.84. The number of hydrogen-bond acceptors (Lipinski definition) is 4. The van der Waals surface area contributed by atoms with E-state index in [2.05, 4.69) is 4.98 Å². The maximum absolute atomic E-state index is 9.01. The van der Waals surface area contributed by atoms with Gasteiger partial charge in [0.1, 0.15) is 0 Å². The Balaban J connectivity index is 3.01. The van der Waals surface area contributed by atoms with Crippen LogP contribution in [0.5, 0.6) is 5.06 Å². The molecule has 3 N–H and O–H groups in total. The lowest BCUT2D eigenvalue weighted by Crippen LogP contribution is -1.83. The number of aromatic nitrogens is 1. The first-order valence-electron chi connectivity index (χ1n) is 2.68. The largest absolute Gasteiger partial charge is 0.498 e. The molecule has 0 aliphatic carbocycles. The van der Waals surface area contributed by atoms with Crippen LogP contribution in [0.2, 0.25) is 0 Å². The molecule has 0 aliphatic heterocycles. The molecular formula is C5H8N2OS. The van der Waals surface area contributed by atoms with E-state index in [1.165, 1.54) is 0 Å². The lowest BCUT2D eigenvalue weighted by atomic mass is 10.4. The number of nitrogens with two attached hydrogens (primary N) is 1. The molecule has 1 aromatic rings. The zero-order valence-corrected chi connectivity index (χ0v) is 5.90. The normalized spacial score (nSPS) is 9.89. The van der Waals surface area contributed by atoms with Gasteiger partial charge in [-0.25, -0.2) is 4.98 Å². The Bertz CT molecular complexity index is 209. The highest BCUT2D eigenvalue weighted by atomic mass is 32.1. The predicted molar refractivity (Wildman–Crippen MR) is 37.6 cm³/mol. The zero-order valence-electron chi connectivity index (χ0n) is 5.09. The van der Waals surface area contributed by atoms with Crippen LogP contribution in [0.25, 0.3) is 0 Å². The van der Waals surface area contributed by atoms with Crippen molar-refractivity contribution < 1.29 is 5.11 Å². The van der Waals surface area contributed by atoms with Crippen LogP contribution in [-0.4, -0.2) is 10.1 Å². The van der Waals surface area contributed by atoms with E-state index < -0.39 is 0 Å². The summed E-state index contributed by atoms with van der Waals surface area (Å²) in [7, 11) is 0. The summed E-state index contributed by atoms with van der Waals surface area (Å²) in [6.07, 6.45) is 0.736. The van der Waals surface area contributed by atoms with Crippen molar-refractivity contribution >= 4 is 16.5 Å². The van der Waals surface area contributed by atoms with Gasteiger partial charge < -0.3 is 10.8 Å². The molecule has 0 radical (unpaired) electrons. The van der Waals surface area contributed by atoms with Gasteiger partial charge in [-0.05, 0) is 6.42 Å². The molecule has 50 valence electrons. The predicted octanol–water partition coefficient (Wildman–Crippen LogP) is 0.993. The molecule has 0 aromatic carbocycles. The van der Waals surface area contributed by atoms with Crippen molar-refractivity contribution in [1.29, 1.82) is 0 Å². The molecule has 9 heavy (non-hydrogen) atoms. The number of aromatic hydroxyl groups is 1. The van der Waals surface area contributed by atoms with Crippen LogP contribution in [0.1, 0.15) is 12.6 Å². The molecule has 0 saturated heterocycles. The number of anilines is 1. The summed E-state index contributed by atoms with van der Waals surface area (Å²) in [5, 5.41) is 9.69. The maximum Gasteiger partial charge on any atom is 0.196 e. The third-order valence-corrected chi connectivity index (χ3v) is 1.76. The number of nitrogen functional groups attached to an aromatic ring is 1. The second-order valence-corrected chi connectivity index (χ2v) is 2.67. The average molecular weight is 144 g/mol. The molecule has 1 rings (SSSR count). The first-order chi connectivity index (χ1) is 4.24. The van der Waals surface area contributed by atoms with Crippen molar-refractivity contribution in [1.82, 2.24) is 4.98 Å². The highest BCUT2D eigenvalue weighted by Gasteiger charge is 2.03. The molecule has 0 fully saturated rings. The van der Waals surface area contributed by atoms with Crippen molar-refractivity contribution in [2.75, 3.05) is 5.73 Å². The fourth-order valence-electron chi connectivity index (χ4n) is 0.592. The van der Waals surface area contributed by atoms with Crippen LogP contribution < -0.4 is 5.73 Å². The summed E-state index contributed by atoms with van der Waals surface area (Å²) >= 11 is 1.12. The Kier molecular flexibility index (Phi) is 1.57. The average Bonchev–Trinajstić information content (AvgIpc) is 2.10. The van der Waals surface area contributed by atoms with Gasteiger partial charge in [-0.2, -0.15) is 0 Å². The number of hydrogen-bond donors (Lipinski definition) is 2. The van der Waals surface area contributed by atoms with Crippen molar-refractivity contribution in [2.24, 2.45) is 0 Å². The summed E-state index contributed by atoms with van der Waals surface area (Å²) in [5.74, 6) is 0. The van der Waals surface area contributed by atoms with E-state index in [1.807, 2.05) is 6.92 Å². The summed E-state index contributed by atoms with van der Waals surface area (Å²) in [4.78, 5) is 3.88. The fourth-order valence-corrected chi connectivity index (χ4v) is 1.25. The van der Waals surface area contributed by atoms with Crippen LogP contribution in [0.3, 0.4) is 0 Å². The minimum Gasteiger partial charge on any atom is -0.498 e. The Morgan fingerprint density at radius 3 is 2.67 bits per heavy atom. The third kappa shape index (κ3) is 1.13. The van der Waals surface area contributed by atoms with Crippen LogP contribution >= 0.6 is 11.3 Å². The Morgan fingerprint density at radius 1 is 1.78 bits per heavy atom. The van der Waals surface area contributed by atoms with Crippen molar-refractivity contribution in [3.05, 3.63) is 5.69 Å². The van der Waals surface area contributed by atoms with Crippen molar-refractivity contribution in [2.45, 2.75) is 13.3 Å². The second kappa shape index (κ2) is 2.23. The molecule has 1 heterocycles. The van der Waals surface area contributed by atoms with Crippen LogP contribution in [-0.2, 0) is 6.42 Å². The molecule has 0 saturated carbocycles. The van der Waals surface area contributed by atoms with Gasteiger partial charge in [0.2, 0.25) is 0 Å². The Labute approximate surface area is 57.2 Å². The van der Waals surface area contributed by atoms with E-state index >= 15 is 0 Å². The number of rotatable bonds is 1. The van der Waals surface area contributed by atoms with Gasteiger partial charge in [-0.1, -0.05) is 18.3 Å². The Morgan fingerprint density at radius 2 is 2.44 bits per heavy atom. The molecule has 3 nitrogen and oxygen atoms in total. The van der Waals surface area contributed by atoms with Gasteiger partial charge in [0.05, 0.1) is 5.69 Å². The van der Waals surface area contributed by atoms with Crippen LogP contribution in [0, 0.1) is 0 Å². The number of thiazole rings is 1. The summed E-state index contributed by atoms with van der Waals surface area (Å²) in [5.41, 5.74) is 5.99. The topological polar surface area (TPSA) is 59.1 Å². The smallest absolute Gasteiger partial charge is 0.196 e. The lowest BCUT2D eigenvalue weighted by molar-refractivity contribution is 0.482. The van der Waals surface area contributed by atoms with Crippen molar-refractivity contribution in [3.8, 4) is 5.06 Å². The third-order valence-electron chi connectivity index (χ3n) is 1.03. The minimum absolute atomic E-state index is 0.245. The van der Waals surface area contributed by atoms with E-state index in [0.29, 0.717) is 10.8 Å². The van der Waals surface area contributed by atoms with E-state index in [1.54, 1.807) is 0 Å². The van der Waals surface area contributed by atoms with E-state index in [4.69, 9.17) is 10.8 Å². The van der Waals surface area contributed by atoms with Gasteiger partial charge >= 0.3 is 0 Å². The Hall–Kier alpha value is -0.770. The van der Waals surface area contributed by atoms with Gasteiger partial charge in [0.25, 0.3) is 0 Å². The van der Waals surface area contributed by atoms with Crippen molar-refractivity contribution in [3.63, 3.8) is 0 Å². The monoisotopic (exact) mass is 144 g/mol. The van der Waals surface area contributed by atoms with Gasteiger partial charge in [0, 0.05) is 0 Å². The van der Waals surface area contributed by atoms with Crippen LogP contribution in [0.4, 0.5) is 5.13 Å². The highest BCUT2D eigenvalue weighted by Crippen LogP contribution is 2.26. The van der Waals surface area contributed by atoms with Gasteiger partial charge in [0.15, 0.2) is 10.2 Å². The molecule has 1 aromatic heterocycles. The molecule has 0 aliphatic rings. The van der Waals surface area contributed by atoms with Gasteiger partial charge in [-0.3, -0.25) is 0 Å². The zero-order chi connectivity index (χ0) is 6.85. The number of aryl methyl sites for hydroxylation is 1. The first kappa shape index (κ1) is 6.35. The molecule has 0 spiro atoms. The summed E-state index contributed by atoms with van der Waals surface area (Å²) in [6.45, 7) is 1.92. The fraction of sp³-hybridized carbons (Fsp3) is 0.400. The first-order valence-corrected chi connectivity index (χ1v) is 3.49. The van der Waals surface area contributed by atoms with E-state index in [9.17, 15) is 0 Å². The van der Waals surface area contributed by atoms with E-state index in [-0.39, 0.29) is 5.06 Å². The molecule has 0 amide bonds. The molecule has 0 unspecified atom stereocenters. The SMILES string of the molecule is CCc1nc(N)sc1O. The quantitative estimate of drug-likeness (QED) is 0.618. The second-order valence-electron chi connectivity index (χ2n) is 1.66. The summed E-state index contributed by atoms with van der Waals surface area (Å²) in [6, 6.07) is 0. The highest BCUT2D eigenvalue weighted by molar-refractivity contribution is 7.17.